The SMILES string of the molecule is CNC(c1cc(Cl)cc(Cl)c1)c1cc(Br)cc2c1OCC2. The van der Waals surface area contributed by atoms with Crippen LogP contribution in [0, 0.1) is 0 Å². The zero-order valence-electron chi connectivity index (χ0n) is 11.4. The van der Waals surface area contributed by atoms with Gasteiger partial charge in [0.05, 0.1) is 12.6 Å². The van der Waals surface area contributed by atoms with Gasteiger partial charge in [0.1, 0.15) is 5.75 Å². The summed E-state index contributed by atoms with van der Waals surface area (Å²) in [5.74, 6) is 0.966. The molecule has 1 atom stereocenters. The van der Waals surface area contributed by atoms with E-state index in [0.29, 0.717) is 10.0 Å². The minimum Gasteiger partial charge on any atom is -0.493 e. The largest absolute Gasteiger partial charge is 0.493 e. The Bertz CT molecular complexity index is 670. The Balaban J connectivity index is 2.12. The molecule has 0 saturated heterocycles. The molecule has 0 bridgehead atoms. The highest BCUT2D eigenvalue weighted by Gasteiger charge is 2.24. The Morgan fingerprint density at radius 1 is 1.14 bits per heavy atom. The Kier molecular flexibility index (Phi) is 4.46. The molecule has 5 heteroatoms. The minimum absolute atomic E-state index is 0.0226. The van der Waals surface area contributed by atoms with Crippen LogP contribution in [-0.2, 0) is 6.42 Å². The van der Waals surface area contributed by atoms with Crippen LogP contribution in [0.1, 0.15) is 22.7 Å². The maximum absolute atomic E-state index is 6.13. The fourth-order valence-corrected chi connectivity index (χ4v) is 3.82. The minimum atomic E-state index is -0.0226. The van der Waals surface area contributed by atoms with Crippen molar-refractivity contribution in [2.75, 3.05) is 13.7 Å². The van der Waals surface area contributed by atoms with E-state index in [2.05, 4.69) is 33.4 Å². The lowest BCUT2D eigenvalue weighted by atomic mass is 9.96. The van der Waals surface area contributed by atoms with Crippen LogP contribution in [0.15, 0.2) is 34.8 Å². The van der Waals surface area contributed by atoms with E-state index in [4.69, 9.17) is 27.9 Å². The molecular weight excluding hydrogens is 373 g/mol. The summed E-state index contributed by atoms with van der Waals surface area (Å²) in [5.41, 5.74) is 3.34. The summed E-state index contributed by atoms with van der Waals surface area (Å²) in [6.45, 7) is 0.728. The van der Waals surface area contributed by atoms with Crippen molar-refractivity contribution in [2.24, 2.45) is 0 Å². The second-order valence-electron chi connectivity index (χ2n) is 5.01. The van der Waals surface area contributed by atoms with Gasteiger partial charge in [-0.3, -0.25) is 0 Å². The lowest BCUT2D eigenvalue weighted by molar-refractivity contribution is 0.351. The maximum atomic E-state index is 6.13. The van der Waals surface area contributed by atoms with E-state index in [9.17, 15) is 0 Å². The predicted molar refractivity (Wildman–Crippen MR) is 90.7 cm³/mol. The third-order valence-electron chi connectivity index (χ3n) is 3.60. The zero-order chi connectivity index (χ0) is 15.0. The third-order valence-corrected chi connectivity index (χ3v) is 4.49. The smallest absolute Gasteiger partial charge is 0.127 e. The summed E-state index contributed by atoms with van der Waals surface area (Å²) in [7, 11) is 1.92. The number of benzene rings is 2. The summed E-state index contributed by atoms with van der Waals surface area (Å²) < 4.78 is 6.87. The van der Waals surface area contributed by atoms with Crippen molar-refractivity contribution < 1.29 is 4.74 Å². The predicted octanol–water partition coefficient (Wildman–Crippen LogP) is 5.00. The molecule has 0 radical (unpaired) electrons. The van der Waals surface area contributed by atoms with Gasteiger partial charge in [0.15, 0.2) is 0 Å². The van der Waals surface area contributed by atoms with Gasteiger partial charge >= 0.3 is 0 Å². The van der Waals surface area contributed by atoms with E-state index in [1.54, 1.807) is 6.07 Å². The number of rotatable bonds is 3. The van der Waals surface area contributed by atoms with Gasteiger partial charge in [-0.15, -0.1) is 0 Å². The molecule has 0 aliphatic carbocycles. The molecule has 1 aliphatic heterocycles. The number of halogens is 3. The van der Waals surface area contributed by atoms with Gasteiger partial charge in [0, 0.05) is 26.5 Å². The first kappa shape index (κ1) is 15.2. The quantitative estimate of drug-likeness (QED) is 0.801. The number of ether oxygens (including phenoxy) is 1. The first-order valence-corrected chi connectivity index (χ1v) is 8.22. The monoisotopic (exact) mass is 385 g/mol. The summed E-state index contributed by atoms with van der Waals surface area (Å²) in [6, 6.07) is 9.77. The van der Waals surface area contributed by atoms with E-state index >= 15 is 0 Å². The molecule has 0 spiro atoms. The van der Waals surface area contributed by atoms with Gasteiger partial charge in [-0.2, -0.15) is 0 Å². The standard InChI is InChI=1S/C16H14BrCl2NO/c1-20-15(10-5-12(18)8-13(19)6-10)14-7-11(17)4-9-2-3-21-16(9)14/h4-8,15,20H,2-3H2,1H3. The maximum Gasteiger partial charge on any atom is 0.127 e. The van der Waals surface area contributed by atoms with Crippen molar-refractivity contribution in [1.82, 2.24) is 5.32 Å². The van der Waals surface area contributed by atoms with E-state index in [1.165, 1.54) is 5.56 Å². The van der Waals surface area contributed by atoms with Crippen molar-refractivity contribution in [3.63, 3.8) is 0 Å². The summed E-state index contributed by atoms with van der Waals surface area (Å²) >= 11 is 15.8. The van der Waals surface area contributed by atoms with E-state index < -0.39 is 0 Å². The fraction of sp³-hybridized carbons (Fsp3) is 0.250. The second kappa shape index (κ2) is 6.17. The van der Waals surface area contributed by atoms with Gasteiger partial charge in [-0.05, 0) is 48.5 Å². The van der Waals surface area contributed by atoms with Crippen LogP contribution in [-0.4, -0.2) is 13.7 Å². The van der Waals surface area contributed by atoms with Crippen LogP contribution in [0.4, 0.5) is 0 Å². The van der Waals surface area contributed by atoms with Gasteiger partial charge in [-0.25, -0.2) is 0 Å². The highest BCUT2D eigenvalue weighted by molar-refractivity contribution is 9.10. The van der Waals surface area contributed by atoms with Crippen LogP contribution in [0.25, 0.3) is 0 Å². The van der Waals surface area contributed by atoms with E-state index in [-0.39, 0.29) is 6.04 Å². The molecule has 0 aromatic heterocycles. The number of nitrogens with one attached hydrogen (secondary N) is 1. The lowest BCUT2D eigenvalue weighted by Crippen LogP contribution is -2.18. The second-order valence-corrected chi connectivity index (χ2v) is 6.79. The molecule has 110 valence electrons. The molecule has 1 unspecified atom stereocenters. The highest BCUT2D eigenvalue weighted by atomic mass is 79.9. The molecule has 1 aliphatic rings. The van der Waals surface area contributed by atoms with Crippen LogP contribution < -0.4 is 10.1 Å². The molecule has 0 amide bonds. The Labute approximate surface area is 142 Å². The van der Waals surface area contributed by atoms with Crippen LogP contribution >= 0.6 is 39.1 Å². The average molecular weight is 387 g/mol. The number of hydrogen-bond acceptors (Lipinski definition) is 2. The van der Waals surface area contributed by atoms with Gasteiger partial charge in [-0.1, -0.05) is 39.1 Å². The Morgan fingerprint density at radius 2 is 1.86 bits per heavy atom. The number of fused-ring (bicyclic) bond motifs is 1. The number of hydrogen-bond donors (Lipinski definition) is 1. The van der Waals surface area contributed by atoms with Crippen molar-refractivity contribution >= 4 is 39.1 Å². The molecule has 2 nitrogen and oxygen atoms in total. The molecular formula is C16H14BrCl2NO. The van der Waals surface area contributed by atoms with Crippen molar-refractivity contribution in [2.45, 2.75) is 12.5 Å². The van der Waals surface area contributed by atoms with Crippen molar-refractivity contribution in [1.29, 1.82) is 0 Å². The average Bonchev–Trinajstić information content (AvgIpc) is 2.86. The fourth-order valence-electron chi connectivity index (χ4n) is 2.76. The highest BCUT2D eigenvalue weighted by Crippen LogP contribution is 2.39. The lowest BCUT2D eigenvalue weighted by Gasteiger charge is -2.21. The van der Waals surface area contributed by atoms with Crippen LogP contribution in [0.2, 0.25) is 10.0 Å². The Morgan fingerprint density at radius 3 is 2.52 bits per heavy atom. The van der Waals surface area contributed by atoms with Gasteiger partial charge in [0.2, 0.25) is 0 Å². The summed E-state index contributed by atoms with van der Waals surface area (Å²) in [5, 5.41) is 4.59. The van der Waals surface area contributed by atoms with Crippen molar-refractivity contribution in [3.05, 3.63) is 61.5 Å². The molecule has 0 saturated carbocycles. The van der Waals surface area contributed by atoms with Gasteiger partial charge in [0.25, 0.3) is 0 Å². The third kappa shape index (κ3) is 3.07. The molecule has 0 fully saturated rings. The summed E-state index contributed by atoms with van der Waals surface area (Å²) in [6.07, 6.45) is 0.939. The normalized spacial score (nSPS) is 14.7. The molecule has 3 rings (SSSR count). The first-order chi connectivity index (χ1) is 10.1. The van der Waals surface area contributed by atoms with Crippen molar-refractivity contribution in [3.8, 4) is 5.75 Å². The zero-order valence-corrected chi connectivity index (χ0v) is 14.5. The van der Waals surface area contributed by atoms with Crippen LogP contribution in [0.5, 0.6) is 5.75 Å². The van der Waals surface area contributed by atoms with E-state index in [0.717, 1.165) is 34.4 Å². The Hall–Kier alpha value is -0.740. The molecule has 1 heterocycles. The molecule has 2 aromatic carbocycles. The first-order valence-electron chi connectivity index (χ1n) is 6.67. The molecule has 21 heavy (non-hydrogen) atoms. The molecule has 1 N–H and O–H groups in total. The van der Waals surface area contributed by atoms with Gasteiger partial charge < -0.3 is 10.1 Å². The topological polar surface area (TPSA) is 21.3 Å². The summed E-state index contributed by atoms with van der Waals surface area (Å²) in [4.78, 5) is 0. The van der Waals surface area contributed by atoms with Crippen LogP contribution in [0.3, 0.4) is 0 Å². The molecule has 2 aromatic rings. The van der Waals surface area contributed by atoms with E-state index in [1.807, 2.05) is 19.2 Å².